The summed E-state index contributed by atoms with van der Waals surface area (Å²) < 4.78 is 33.1. The highest BCUT2D eigenvalue weighted by molar-refractivity contribution is 7.89. The molecule has 1 saturated heterocycles. The third-order valence-corrected chi connectivity index (χ3v) is 5.91. The van der Waals surface area contributed by atoms with Gasteiger partial charge in [0.15, 0.2) is 0 Å². The van der Waals surface area contributed by atoms with Gasteiger partial charge in [0, 0.05) is 12.2 Å². The number of hydrogen-bond acceptors (Lipinski definition) is 4. The number of anilines is 1. The number of carbonyl (C=O) groups is 1. The van der Waals surface area contributed by atoms with Crippen LogP contribution in [0.3, 0.4) is 0 Å². The van der Waals surface area contributed by atoms with Crippen LogP contribution in [-0.4, -0.2) is 40.1 Å². The van der Waals surface area contributed by atoms with Gasteiger partial charge in [0.2, 0.25) is 10.0 Å². The number of hydrogen-bond donors (Lipinski definition) is 1. The molecule has 7 heteroatoms. The smallest absolute Gasteiger partial charge is 0.253 e. The molecule has 0 aromatic heterocycles. The number of sulfonamides is 1. The number of amides is 1. The van der Waals surface area contributed by atoms with E-state index >= 15 is 0 Å². The minimum atomic E-state index is -3.63. The summed E-state index contributed by atoms with van der Waals surface area (Å²) in [5.74, 6) is -0.135. The molecule has 0 bridgehead atoms. The van der Waals surface area contributed by atoms with Crippen LogP contribution < -0.4 is 9.62 Å². The number of nitrogens with one attached hydrogen (secondary N) is 1. The summed E-state index contributed by atoms with van der Waals surface area (Å²) in [5, 5.41) is 0. The van der Waals surface area contributed by atoms with Gasteiger partial charge in [-0.15, -0.1) is 0 Å². The van der Waals surface area contributed by atoms with Crippen LogP contribution in [0.5, 0.6) is 0 Å². The zero-order chi connectivity index (χ0) is 18.7. The van der Waals surface area contributed by atoms with Crippen LogP contribution in [0, 0.1) is 13.8 Å². The standard InChI is InChI=1S/C19H22N2O4S/c1-14-8-9-18(10-15(14)2)26(23,24)20-11-17-12-21(19(22)13-25-17)16-6-4-3-5-7-16/h3-10,17,20H,11-13H2,1-2H3. The van der Waals surface area contributed by atoms with Crippen molar-refractivity contribution in [3.63, 3.8) is 0 Å². The molecule has 138 valence electrons. The number of benzene rings is 2. The SMILES string of the molecule is Cc1ccc(S(=O)(=O)NCC2CN(c3ccccc3)C(=O)CO2)cc1C. The number of carbonyl (C=O) groups excluding carboxylic acids is 1. The summed E-state index contributed by atoms with van der Waals surface area (Å²) in [5.41, 5.74) is 2.74. The van der Waals surface area contributed by atoms with Crippen molar-refractivity contribution in [1.82, 2.24) is 4.72 Å². The van der Waals surface area contributed by atoms with E-state index in [1.807, 2.05) is 44.2 Å². The van der Waals surface area contributed by atoms with E-state index in [0.717, 1.165) is 16.8 Å². The van der Waals surface area contributed by atoms with Crippen LogP contribution >= 0.6 is 0 Å². The largest absolute Gasteiger partial charge is 0.365 e. The lowest BCUT2D eigenvalue weighted by Gasteiger charge is -2.32. The van der Waals surface area contributed by atoms with Gasteiger partial charge in [0.25, 0.3) is 5.91 Å². The molecule has 1 aliphatic heterocycles. The average Bonchev–Trinajstić information content (AvgIpc) is 2.64. The van der Waals surface area contributed by atoms with Gasteiger partial charge in [-0.3, -0.25) is 4.79 Å². The molecule has 3 rings (SSSR count). The van der Waals surface area contributed by atoms with E-state index in [2.05, 4.69) is 4.72 Å². The summed E-state index contributed by atoms with van der Waals surface area (Å²) in [4.78, 5) is 13.9. The zero-order valence-electron chi connectivity index (χ0n) is 14.8. The first-order valence-corrected chi connectivity index (χ1v) is 9.89. The van der Waals surface area contributed by atoms with E-state index in [1.54, 1.807) is 23.1 Å². The molecule has 2 aromatic carbocycles. The Morgan fingerprint density at radius 1 is 1.12 bits per heavy atom. The topological polar surface area (TPSA) is 75.7 Å². The van der Waals surface area contributed by atoms with Gasteiger partial charge < -0.3 is 9.64 Å². The van der Waals surface area contributed by atoms with E-state index in [4.69, 9.17) is 4.74 Å². The molecule has 1 aliphatic rings. The third kappa shape index (κ3) is 4.12. The van der Waals surface area contributed by atoms with Crippen molar-refractivity contribution in [3.05, 3.63) is 59.7 Å². The number of ether oxygens (including phenoxy) is 1. The maximum Gasteiger partial charge on any atom is 0.253 e. The second-order valence-corrected chi connectivity index (χ2v) is 8.14. The highest BCUT2D eigenvalue weighted by Crippen LogP contribution is 2.19. The van der Waals surface area contributed by atoms with Gasteiger partial charge in [0.1, 0.15) is 6.61 Å². The molecule has 1 N–H and O–H groups in total. The summed E-state index contributed by atoms with van der Waals surface area (Å²) >= 11 is 0. The van der Waals surface area contributed by atoms with Crippen LogP contribution in [0.2, 0.25) is 0 Å². The molecule has 6 nitrogen and oxygen atoms in total. The number of rotatable bonds is 5. The molecule has 26 heavy (non-hydrogen) atoms. The Balaban J connectivity index is 1.67. The summed E-state index contributed by atoms with van der Waals surface area (Å²) in [6.45, 7) is 4.15. The van der Waals surface area contributed by atoms with Gasteiger partial charge >= 0.3 is 0 Å². The average molecular weight is 374 g/mol. The Labute approximate surface area is 153 Å². The number of nitrogens with zero attached hydrogens (tertiary/aromatic N) is 1. The molecular formula is C19H22N2O4S. The Kier molecular flexibility index (Phi) is 5.41. The minimum absolute atomic E-state index is 0.0646. The molecule has 1 heterocycles. The molecule has 0 radical (unpaired) electrons. The molecule has 1 amide bonds. The summed E-state index contributed by atoms with van der Waals surface area (Å²) in [6.07, 6.45) is -0.408. The molecular weight excluding hydrogens is 352 g/mol. The number of para-hydroxylation sites is 1. The molecule has 1 unspecified atom stereocenters. The monoisotopic (exact) mass is 374 g/mol. The van der Waals surface area contributed by atoms with Crippen molar-refractivity contribution < 1.29 is 17.9 Å². The van der Waals surface area contributed by atoms with E-state index in [0.29, 0.717) is 6.54 Å². The van der Waals surface area contributed by atoms with Gasteiger partial charge in [-0.2, -0.15) is 0 Å². The lowest BCUT2D eigenvalue weighted by Crippen LogP contribution is -2.50. The Bertz CT molecular complexity index is 897. The molecule has 1 atom stereocenters. The Morgan fingerprint density at radius 3 is 2.54 bits per heavy atom. The first-order chi connectivity index (χ1) is 12.4. The van der Waals surface area contributed by atoms with Gasteiger partial charge in [-0.25, -0.2) is 13.1 Å². The Hall–Kier alpha value is -2.22. The minimum Gasteiger partial charge on any atom is -0.365 e. The fourth-order valence-electron chi connectivity index (χ4n) is 2.77. The number of morpholine rings is 1. The van der Waals surface area contributed by atoms with E-state index < -0.39 is 16.1 Å². The van der Waals surface area contributed by atoms with Crippen molar-refractivity contribution in [2.24, 2.45) is 0 Å². The zero-order valence-corrected chi connectivity index (χ0v) is 15.6. The predicted molar refractivity (Wildman–Crippen MR) is 99.6 cm³/mol. The van der Waals surface area contributed by atoms with Gasteiger partial charge in [-0.05, 0) is 49.2 Å². The van der Waals surface area contributed by atoms with Crippen LogP contribution in [-0.2, 0) is 19.6 Å². The first-order valence-electron chi connectivity index (χ1n) is 8.41. The second-order valence-electron chi connectivity index (χ2n) is 6.37. The van der Waals surface area contributed by atoms with Crippen LogP contribution in [0.15, 0.2) is 53.4 Å². The molecule has 1 fully saturated rings. The maximum absolute atomic E-state index is 12.5. The fourth-order valence-corrected chi connectivity index (χ4v) is 3.92. The van der Waals surface area contributed by atoms with Gasteiger partial charge in [-0.1, -0.05) is 24.3 Å². The number of aryl methyl sites for hydroxylation is 2. The Morgan fingerprint density at radius 2 is 1.85 bits per heavy atom. The van der Waals surface area contributed by atoms with E-state index in [-0.39, 0.29) is 24.0 Å². The van der Waals surface area contributed by atoms with E-state index in [9.17, 15) is 13.2 Å². The van der Waals surface area contributed by atoms with Crippen LogP contribution in [0.1, 0.15) is 11.1 Å². The molecule has 0 spiro atoms. The molecule has 0 saturated carbocycles. The van der Waals surface area contributed by atoms with Crippen molar-refractivity contribution in [1.29, 1.82) is 0 Å². The lowest BCUT2D eigenvalue weighted by molar-refractivity contribution is -0.129. The van der Waals surface area contributed by atoms with Crippen molar-refractivity contribution in [2.45, 2.75) is 24.8 Å². The van der Waals surface area contributed by atoms with Crippen molar-refractivity contribution in [3.8, 4) is 0 Å². The normalized spacial score (nSPS) is 18.2. The second kappa shape index (κ2) is 7.57. The lowest BCUT2D eigenvalue weighted by atomic mass is 10.1. The predicted octanol–water partition coefficient (Wildman–Crippen LogP) is 2.01. The summed E-state index contributed by atoms with van der Waals surface area (Å²) in [7, 11) is -3.63. The van der Waals surface area contributed by atoms with Crippen LogP contribution in [0.25, 0.3) is 0 Å². The van der Waals surface area contributed by atoms with E-state index in [1.165, 1.54) is 0 Å². The third-order valence-electron chi connectivity index (χ3n) is 4.49. The highest BCUT2D eigenvalue weighted by Gasteiger charge is 2.28. The van der Waals surface area contributed by atoms with Crippen molar-refractivity contribution in [2.75, 3.05) is 24.6 Å². The highest BCUT2D eigenvalue weighted by atomic mass is 32.2. The first kappa shape index (κ1) is 18.6. The van der Waals surface area contributed by atoms with Crippen molar-refractivity contribution >= 4 is 21.6 Å². The molecule has 2 aromatic rings. The quantitative estimate of drug-likeness (QED) is 0.869. The van der Waals surface area contributed by atoms with Crippen LogP contribution in [0.4, 0.5) is 5.69 Å². The molecule has 0 aliphatic carbocycles. The van der Waals surface area contributed by atoms with Gasteiger partial charge in [0.05, 0.1) is 17.5 Å². The maximum atomic E-state index is 12.5. The summed E-state index contributed by atoms with van der Waals surface area (Å²) in [6, 6.07) is 14.3. The fraction of sp³-hybridized carbons (Fsp3) is 0.316.